The third-order valence-electron chi connectivity index (χ3n) is 2.64. The van der Waals surface area contributed by atoms with Gasteiger partial charge < -0.3 is 15.2 Å². The molecule has 0 bridgehead atoms. The van der Waals surface area contributed by atoms with Crippen LogP contribution in [-0.2, 0) is 13.0 Å². The van der Waals surface area contributed by atoms with Crippen molar-refractivity contribution < 1.29 is 9.47 Å². The van der Waals surface area contributed by atoms with Crippen molar-refractivity contribution in [3.05, 3.63) is 39.8 Å². The van der Waals surface area contributed by atoms with Gasteiger partial charge in [0.1, 0.15) is 11.5 Å². The highest BCUT2D eigenvalue weighted by Gasteiger charge is 2.08. The summed E-state index contributed by atoms with van der Waals surface area (Å²) in [5.74, 6) is 1.67. The Balaban J connectivity index is 2.25. The smallest absolute Gasteiger partial charge is 0.122 e. The second-order valence-electron chi connectivity index (χ2n) is 3.79. The molecule has 2 aromatic rings. The Morgan fingerprint density at radius 2 is 2.11 bits per heavy atom. The highest BCUT2D eigenvalue weighted by atomic mass is 32.1. The number of benzene rings is 1. The predicted octanol–water partition coefficient (Wildman–Crippen LogP) is 2.21. The number of hydrogen-bond acceptors (Lipinski definition) is 5. The molecular formula is C13H16N2O2S. The number of hydrogen-bond donors (Lipinski definition) is 1. The van der Waals surface area contributed by atoms with Crippen LogP contribution in [-0.4, -0.2) is 19.2 Å². The van der Waals surface area contributed by atoms with Gasteiger partial charge in [0.25, 0.3) is 0 Å². The van der Waals surface area contributed by atoms with Crippen LogP contribution in [0.2, 0.25) is 0 Å². The lowest BCUT2D eigenvalue weighted by atomic mass is 10.1. The first-order chi connectivity index (χ1) is 8.76. The minimum Gasteiger partial charge on any atom is -0.497 e. The number of ether oxygens (including phenoxy) is 2. The molecule has 2 rings (SSSR count). The molecule has 0 atom stereocenters. The zero-order valence-electron chi connectivity index (χ0n) is 10.5. The van der Waals surface area contributed by atoms with Gasteiger partial charge in [0, 0.05) is 23.9 Å². The van der Waals surface area contributed by atoms with Crippen LogP contribution in [0.4, 0.5) is 0 Å². The molecule has 96 valence electrons. The molecule has 1 heterocycles. The topological polar surface area (TPSA) is 57.4 Å². The van der Waals surface area contributed by atoms with Gasteiger partial charge >= 0.3 is 0 Å². The Morgan fingerprint density at radius 3 is 2.72 bits per heavy atom. The lowest BCUT2D eigenvalue weighted by Gasteiger charge is -2.09. The molecule has 0 radical (unpaired) electrons. The van der Waals surface area contributed by atoms with E-state index in [4.69, 9.17) is 15.2 Å². The van der Waals surface area contributed by atoms with E-state index in [1.807, 2.05) is 23.6 Å². The maximum atomic E-state index is 5.56. The number of thiazole rings is 1. The van der Waals surface area contributed by atoms with E-state index in [2.05, 4.69) is 4.98 Å². The average Bonchev–Trinajstić information content (AvgIpc) is 2.86. The van der Waals surface area contributed by atoms with Crippen LogP contribution in [0.1, 0.15) is 16.3 Å². The van der Waals surface area contributed by atoms with Crippen molar-refractivity contribution in [2.75, 3.05) is 14.2 Å². The van der Waals surface area contributed by atoms with Crippen LogP contribution in [0, 0.1) is 0 Å². The quantitative estimate of drug-likeness (QED) is 0.899. The van der Waals surface area contributed by atoms with Crippen molar-refractivity contribution in [1.82, 2.24) is 4.98 Å². The van der Waals surface area contributed by atoms with E-state index in [0.717, 1.165) is 34.2 Å². The number of nitrogens with two attached hydrogens (primary N) is 1. The Bertz CT molecular complexity index is 525. The zero-order valence-corrected chi connectivity index (χ0v) is 11.3. The van der Waals surface area contributed by atoms with Gasteiger partial charge in [-0.1, -0.05) is 0 Å². The first-order valence-electron chi connectivity index (χ1n) is 5.61. The maximum absolute atomic E-state index is 5.56. The van der Waals surface area contributed by atoms with E-state index < -0.39 is 0 Å². The van der Waals surface area contributed by atoms with E-state index in [-0.39, 0.29) is 0 Å². The first kappa shape index (κ1) is 12.9. The van der Waals surface area contributed by atoms with Gasteiger partial charge in [0.2, 0.25) is 0 Å². The summed E-state index contributed by atoms with van der Waals surface area (Å²) in [4.78, 5) is 4.45. The molecule has 0 unspecified atom stereocenters. The minimum absolute atomic E-state index is 0.478. The Labute approximate surface area is 110 Å². The SMILES string of the molecule is COc1ccc(OC)c(Cc2nc(CN)cs2)c1. The Kier molecular flexibility index (Phi) is 4.17. The molecule has 1 aromatic heterocycles. The molecule has 0 fully saturated rings. The van der Waals surface area contributed by atoms with Gasteiger partial charge in [0.15, 0.2) is 0 Å². The summed E-state index contributed by atoms with van der Waals surface area (Å²) in [7, 11) is 3.32. The molecule has 0 amide bonds. The van der Waals surface area contributed by atoms with E-state index >= 15 is 0 Å². The van der Waals surface area contributed by atoms with Crippen molar-refractivity contribution in [2.24, 2.45) is 5.73 Å². The summed E-state index contributed by atoms with van der Waals surface area (Å²) in [5, 5.41) is 3.02. The number of aromatic nitrogens is 1. The molecule has 18 heavy (non-hydrogen) atoms. The molecule has 0 saturated heterocycles. The normalized spacial score (nSPS) is 10.4. The molecule has 0 aliphatic carbocycles. The third-order valence-corrected chi connectivity index (χ3v) is 3.54. The largest absolute Gasteiger partial charge is 0.497 e. The molecule has 4 nitrogen and oxygen atoms in total. The van der Waals surface area contributed by atoms with Crippen molar-refractivity contribution in [3.63, 3.8) is 0 Å². The highest BCUT2D eigenvalue weighted by Crippen LogP contribution is 2.27. The lowest BCUT2D eigenvalue weighted by molar-refractivity contribution is 0.399. The molecular weight excluding hydrogens is 248 g/mol. The Morgan fingerprint density at radius 1 is 1.28 bits per heavy atom. The van der Waals surface area contributed by atoms with Crippen molar-refractivity contribution in [2.45, 2.75) is 13.0 Å². The zero-order chi connectivity index (χ0) is 13.0. The second-order valence-corrected chi connectivity index (χ2v) is 4.73. The summed E-state index contributed by atoms with van der Waals surface area (Å²) < 4.78 is 10.6. The molecule has 2 N–H and O–H groups in total. The van der Waals surface area contributed by atoms with E-state index in [9.17, 15) is 0 Å². The highest BCUT2D eigenvalue weighted by molar-refractivity contribution is 7.09. The summed E-state index contributed by atoms with van der Waals surface area (Å²) in [6.07, 6.45) is 0.727. The fourth-order valence-electron chi connectivity index (χ4n) is 1.71. The van der Waals surface area contributed by atoms with Gasteiger partial charge in [-0.2, -0.15) is 0 Å². The van der Waals surface area contributed by atoms with E-state index in [1.165, 1.54) is 0 Å². The van der Waals surface area contributed by atoms with Crippen molar-refractivity contribution in [1.29, 1.82) is 0 Å². The van der Waals surface area contributed by atoms with E-state index in [1.54, 1.807) is 25.6 Å². The maximum Gasteiger partial charge on any atom is 0.122 e. The second kappa shape index (κ2) is 5.84. The van der Waals surface area contributed by atoms with Crippen LogP contribution in [0.3, 0.4) is 0 Å². The summed E-state index contributed by atoms with van der Waals surface area (Å²) in [5.41, 5.74) is 7.55. The fourth-order valence-corrected chi connectivity index (χ4v) is 2.54. The number of methoxy groups -OCH3 is 2. The van der Waals surface area contributed by atoms with Gasteiger partial charge in [-0.25, -0.2) is 4.98 Å². The molecule has 1 aromatic carbocycles. The molecule has 0 spiro atoms. The Hall–Kier alpha value is -1.59. The van der Waals surface area contributed by atoms with Crippen LogP contribution in [0.15, 0.2) is 23.6 Å². The molecule has 5 heteroatoms. The molecule has 0 aliphatic heterocycles. The van der Waals surface area contributed by atoms with Gasteiger partial charge in [-0.15, -0.1) is 11.3 Å². The molecule has 0 saturated carbocycles. The monoisotopic (exact) mass is 264 g/mol. The lowest BCUT2D eigenvalue weighted by Crippen LogP contribution is -1.98. The minimum atomic E-state index is 0.478. The van der Waals surface area contributed by atoms with Crippen LogP contribution >= 0.6 is 11.3 Å². The average molecular weight is 264 g/mol. The first-order valence-corrected chi connectivity index (χ1v) is 6.49. The fraction of sp³-hybridized carbons (Fsp3) is 0.308. The van der Waals surface area contributed by atoms with E-state index in [0.29, 0.717) is 6.54 Å². The summed E-state index contributed by atoms with van der Waals surface area (Å²) in [6.45, 7) is 0.478. The van der Waals surface area contributed by atoms with Crippen molar-refractivity contribution >= 4 is 11.3 Å². The summed E-state index contributed by atoms with van der Waals surface area (Å²) >= 11 is 1.61. The van der Waals surface area contributed by atoms with Gasteiger partial charge in [-0.05, 0) is 18.2 Å². The number of rotatable bonds is 5. The van der Waals surface area contributed by atoms with Crippen LogP contribution in [0.5, 0.6) is 11.5 Å². The predicted molar refractivity (Wildman–Crippen MR) is 72.4 cm³/mol. The van der Waals surface area contributed by atoms with Gasteiger partial charge in [-0.3, -0.25) is 0 Å². The standard InChI is InChI=1S/C13H16N2O2S/c1-16-11-3-4-12(17-2)9(5-11)6-13-15-10(7-14)8-18-13/h3-5,8H,6-7,14H2,1-2H3. The van der Waals surface area contributed by atoms with Crippen LogP contribution in [0.25, 0.3) is 0 Å². The van der Waals surface area contributed by atoms with Gasteiger partial charge in [0.05, 0.1) is 24.9 Å². The molecule has 0 aliphatic rings. The number of nitrogens with zero attached hydrogens (tertiary/aromatic N) is 1. The third kappa shape index (κ3) is 2.80. The van der Waals surface area contributed by atoms with Crippen molar-refractivity contribution in [3.8, 4) is 11.5 Å². The van der Waals surface area contributed by atoms with Crippen LogP contribution < -0.4 is 15.2 Å². The summed E-state index contributed by atoms with van der Waals surface area (Å²) in [6, 6.07) is 5.77.